The molecule has 3 N–H and O–H groups in total. The van der Waals surface area contributed by atoms with Crippen molar-refractivity contribution in [3.63, 3.8) is 0 Å². The van der Waals surface area contributed by atoms with Gasteiger partial charge in [-0.25, -0.2) is 18.4 Å². The van der Waals surface area contributed by atoms with Crippen molar-refractivity contribution in [2.75, 3.05) is 84.9 Å². The van der Waals surface area contributed by atoms with Crippen molar-refractivity contribution in [2.45, 2.75) is 89.8 Å². The van der Waals surface area contributed by atoms with Crippen molar-refractivity contribution >= 4 is 29.7 Å². The van der Waals surface area contributed by atoms with Crippen molar-refractivity contribution in [1.29, 1.82) is 0 Å². The van der Waals surface area contributed by atoms with Gasteiger partial charge >= 0.3 is 12.2 Å². The summed E-state index contributed by atoms with van der Waals surface area (Å²) in [7, 11) is 4.04. The number of halogens is 2. The highest BCUT2D eigenvalue weighted by Crippen LogP contribution is 2.27. The molecule has 1 aromatic carbocycles. The molecule has 4 aliphatic heterocycles. The summed E-state index contributed by atoms with van der Waals surface area (Å²) in [5.74, 6) is -1.51. The Hall–Kier alpha value is -3.76. The number of amides is 4. The highest BCUT2D eigenvalue weighted by molar-refractivity contribution is 5.87. The van der Waals surface area contributed by atoms with Gasteiger partial charge in [0.2, 0.25) is 11.8 Å². The van der Waals surface area contributed by atoms with Gasteiger partial charge in [0.05, 0.1) is 5.69 Å². The number of likely N-dealkylation sites (N-methyl/N-ethyl adjacent to an activating group) is 2. The summed E-state index contributed by atoms with van der Waals surface area (Å²) < 4.78 is 38.2. The fourth-order valence-electron chi connectivity index (χ4n) is 6.62. The Balaban J connectivity index is 0.000000244. The maximum atomic E-state index is 14.1. The first-order valence-electron chi connectivity index (χ1n) is 18.1. The number of nitrogens with one attached hydrogen (secondary N) is 1. The Kier molecular flexibility index (Phi) is 13.3. The summed E-state index contributed by atoms with van der Waals surface area (Å²) in [5.41, 5.74) is 4.84. The second-order valence-electron chi connectivity index (χ2n) is 16.3. The van der Waals surface area contributed by atoms with Crippen LogP contribution in [0.25, 0.3) is 0 Å². The minimum absolute atomic E-state index is 0.00749. The quantitative estimate of drug-likeness (QED) is 0.474. The molecule has 1 aromatic rings. The second-order valence-corrected chi connectivity index (χ2v) is 16.3. The molecule has 52 heavy (non-hydrogen) atoms. The van der Waals surface area contributed by atoms with Gasteiger partial charge < -0.3 is 40.1 Å². The number of rotatable bonds is 4. The lowest BCUT2D eigenvalue weighted by molar-refractivity contribution is -0.138. The lowest BCUT2D eigenvalue weighted by Crippen LogP contribution is -2.54. The Morgan fingerprint density at radius 1 is 0.712 bits per heavy atom. The Bertz CT molecular complexity index is 1420. The number of hydrogen-bond acceptors (Lipinski definition) is 10. The first kappa shape index (κ1) is 41.0. The molecular weight excluding hydrogens is 678 g/mol. The van der Waals surface area contributed by atoms with Crippen LogP contribution in [0.2, 0.25) is 0 Å². The van der Waals surface area contributed by atoms with Gasteiger partial charge in [-0.2, -0.15) is 0 Å². The monoisotopic (exact) mass is 736 g/mol. The van der Waals surface area contributed by atoms with Gasteiger partial charge in [0.1, 0.15) is 34.9 Å². The van der Waals surface area contributed by atoms with Gasteiger partial charge in [-0.05, 0) is 80.6 Å². The van der Waals surface area contributed by atoms with Gasteiger partial charge in [-0.15, -0.1) is 0 Å². The average molecular weight is 737 g/mol. The van der Waals surface area contributed by atoms with Crippen LogP contribution in [0.3, 0.4) is 0 Å². The first-order valence-corrected chi connectivity index (χ1v) is 18.1. The number of likely N-dealkylation sites (tertiary alicyclic amines) is 2. The lowest BCUT2D eigenvalue weighted by Gasteiger charge is -2.36. The molecule has 4 atom stereocenters. The van der Waals surface area contributed by atoms with Gasteiger partial charge in [-0.3, -0.25) is 19.4 Å². The molecule has 4 heterocycles. The number of ether oxygens (including phenoxy) is 2. The number of carbonyl (C=O) groups excluding carboxylic acids is 4. The van der Waals surface area contributed by atoms with E-state index in [1.54, 1.807) is 25.7 Å². The Labute approximate surface area is 306 Å². The molecule has 0 spiro atoms. The molecule has 14 nitrogen and oxygen atoms in total. The van der Waals surface area contributed by atoms with E-state index in [1.165, 1.54) is 21.9 Å². The van der Waals surface area contributed by atoms with Crippen LogP contribution in [0, 0.1) is 11.6 Å². The number of piperazine rings is 2. The van der Waals surface area contributed by atoms with Gasteiger partial charge in [0, 0.05) is 83.6 Å². The van der Waals surface area contributed by atoms with Crippen molar-refractivity contribution in [3.8, 4) is 0 Å². The Morgan fingerprint density at radius 2 is 1.15 bits per heavy atom. The predicted molar refractivity (Wildman–Crippen MR) is 193 cm³/mol. The van der Waals surface area contributed by atoms with Crippen molar-refractivity contribution in [3.05, 3.63) is 29.8 Å². The molecule has 0 unspecified atom stereocenters. The van der Waals surface area contributed by atoms with E-state index in [9.17, 15) is 28.0 Å². The van der Waals surface area contributed by atoms with Crippen molar-refractivity contribution < 1.29 is 37.4 Å². The predicted octanol–water partition coefficient (Wildman–Crippen LogP) is 2.63. The molecule has 0 saturated carbocycles. The van der Waals surface area contributed by atoms with E-state index in [4.69, 9.17) is 15.2 Å². The maximum absolute atomic E-state index is 14.1. The SMILES string of the molecule is CN1CCN(C(=O)[C@@H]2C[C@H](N)CN2C(=O)OC(C)(C)C)CC1.CN1CCN(C(=O)[C@@H]2C[C@H](Nc3ccc(F)cc3F)CN2C(=O)OC(C)(C)C)CC1. The molecular formula is C36H58F2N8O6. The molecule has 0 aromatic heterocycles. The van der Waals surface area contributed by atoms with E-state index in [-0.39, 0.29) is 36.1 Å². The molecule has 4 saturated heterocycles. The highest BCUT2D eigenvalue weighted by Gasteiger charge is 2.44. The maximum Gasteiger partial charge on any atom is 0.411 e. The van der Waals surface area contributed by atoms with Gasteiger partial charge in [0.15, 0.2) is 0 Å². The molecule has 0 bridgehead atoms. The zero-order valence-corrected chi connectivity index (χ0v) is 32.0. The standard InChI is InChI=1S/C21H30F2N4O3.C15H28N4O3/c1-21(2,3)30-20(29)27-13-15(24-17-6-5-14(22)11-16(17)23)12-18(27)19(28)26-9-7-25(4)8-10-26;1-15(2,3)22-14(21)19-10-11(16)9-12(19)13(20)18-7-5-17(4)6-8-18/h5-6,11,15,18,24H,7-10,12-13H2,1-4H3;11-12H,5-10,16H2,1-4H3/t15-,18-;11-,12-/m00/s1. The van der Waals surface area contributed by atoms with Gasteiger partial charge in [-0.1, -0.05) is 0 Å². The smallest absolute Gasteiger partial charge is 0.411 e. The molecule has 4 aliphatic rings. The first-order chi connectivity index (χ1) is 24.2. The van der Waals surface area contributed by atoms with E-state index in [1.807, 2.05) is 39.8 Å². The number of carbonyl (C=O) groups is 4. The number of anilines is 1. The molecule has 4 amide bonds. The minimum atomic E-state index is -0.715. The van der Waals surface area contributed by atoms with Crippen LogP contribution in [0.15, 0.2) is 18.2 Å². The van der Waals surface area contributed by atoms with E-state index in [0.29, 0.717) is 45.6 Å². The zero-order chi connectivity index (χ0) is 38.5. The molecule has 0 radical (unpaired) electrons. The fourth-order valence-corrected chi connectivity index (χ4v) is 6.62. The minimum Gasteiger partial charge on any atom is -0.444 e. The molecule has 4 fully saturated rings. The summed E-state index contributed by atoms with van der Waals surface area (Å²) >= 11 is 0. The van der Waals surface area contributed by atoms with Gasteiger partial charge in [0.25, 0.3) is 0 Å². The summed E-state index contributed by atoms with van der Waals surface area (Å²) in [4.78, 5) is 61.9. The van der Waals surface area contributed by atoms with Crippen LogP contribution < -0.4 is 11.1 Å². The molecule has 5 rings (SSSR count). The van der Waals surface area contributed by atoms with Crippen LogP contribution in [0.5, 0.6) is 0 Å². The highest BCUT2D eigenvalue weighted by atomic mass is 19.1. The normalized spacial score (nSPS) is 24.7. The van der Waals surface area contributed by atoms with E-state index in [0.717, 1.165) is 32.2 Å². The van der Waals surface area contributed by atoms with E-state index < -0.39 is 47.1 Å². The zero-order valence-electron chi connectivity index (χ0n) is 32.0. The average Bonchev–Trinajstić information content (AvgIpc) is 3.65. The van der Waals surface area contributed by atoms with Crippen LogP contribution in [0.1, 0.15) is 54.4 Å². The largest absolute Gasteiger partial charge is 0.444 e. The van der Waals surface area contributed by atoms with Crippen LogP contribution in [-0.2, 0) is 19.1 Å². The summed E-state index contributed by atoms with van der Waals surface area (Å²) in [6, 6.07) is 1.57. The fraction of sp³-hybridized carbons (Fsp3) is 0.722. The van der Waals surface area contributed by atoms with Crippen LogP contribution in [-0.4, -0.2) is 168 Å². The van der Waals surface area contributed by atoms with E-state index in [2.05, 4.69) is 15.1 Å². The van der Waals surface area contributed by atoms with E-state index >= 15 is 0 Å². The number of nitrogens with zero attached hydrogens (tertiary/aromatic N) is 6. The summed E-state index contributed by atoms with van der Waals surface area (Å²) in [6.07, 6.45) is -0.196. The topological polar surface area (TPSA) is 144 Å². The summed E-state index contributed by atoms with van der Waals surface area (Å²) in [6.45, 7) is 17.2. The number of hydrogen-bond donors (Lipinski definition) is 2. The third kappa shape index (κ3) is 11.4. The van der Waals surface area contributed by atoms with Crippen LogP contribution >= 0.6 is 0 Å². The molecule has 292 valence electrons. The lowest BCUT2D eigenvalue weighted by atomic mass is 10.1. The molecule has 0 aliphatic carbocycles. The van der Waals surface area contributed by atoms with Crippen molar-refractivity contribution in [1.82, 2.24) is 29.4 Å². The van der Waals surface area contributed by atoms with Crippen LogP contribution in [0.4, 0.5) is 24.1 Å². The third-order valence-electron chi connectivity index (χ3n) is 9.38. The summed E-state index contributed by atoms with van der Waals surface area (Å²) in [5, 5.41) is 3.01. The van der Waals surface area contributed by atoms with Crippen molar-refractivity contribution in [2.24, 2.45) is 5.73 Å². The third-order valence-corrected chi connectivity index (χ3v) is 9.38. The Morgan fingerprint density at radius 3 is 1.60 bits per heavy atom. The molecule has 16 heteroatoms. The second kappa shape index (κ2) is 16.9. The number of nitrogens with two attached hydrogens (primary N) is 1. The number of benzene rings is 1.